The minimum absolute atomic E-state index is 0.0738. The third kappa shape index (κ3) is 11.2. The maximum atomic E-state index is 14.3. The minimum Gasteiger partial charge on any atom is -0.435 e. The first-order valence-electron chi connectivity index (χ1n) is 17.6. The van der Waals surface area contributed by atoms with Crippen molar-refractivity contribution in [2.75, 3.05) is 22.9 Å². The lowest BCUT2D eigenvalue weighted by Crippen LogP contribution is -2.58. The molecule has 1 saturated carbocycles. The number of likely N-dealkylation sites (N-methyl/N-ethyl adjacent to an activating group) is 2. The molecule has 0 spiro atoms. The Morgan fingerprint density at radius 3 is 1.64 bits per heavy atom. The molecule has 12 nitrogen and oxygen atoms in total. The molecular weight excluding hydrogens is 822 g/mol. The van der Waals surface area contributed by atoms with Crippen molar-refractivity contribution in [2.24, 2.45) is 0 Å². The number of rotatable bonds is 17. The minimum atomic E-state index is -5.14. The Balaban J connectivity index is 1.43. The summed E-state index contributed by atoms with van der Waals surface area (Å²) < 4.78 is 147. The first-order chi connectivity index (χ1) is 27.8. The van der Waals surface area contributed by atoms with Crippen LogP contribution < -0.4 is 34.0 Å². The van der Waals surface area contributed by atoms with Gasteiger partial charge in [0.05, 0.1) is 0 Å². The van der Waals surface area contributed by atoms with E-state index < -0.39 is 88.5 Å². The molecule has 0 radical (unpaired) electrons. The summed E-state index contributed by atoms with van der Waals surface area (Å²) in [5.41, 5.74) is -2.11. The van der Waals surface area contributed by atoms with E-state index in [4.69, 9.17) is 0 Å². The van der Waals surface area contributed by atoms with Crippen LogP contribution in [0.2, 0.25) is 0 Å². The van der Waals surface area contributed by atoms with Crippen molar-refractivity contribution in [1.29, 1.82) is 0 Å². The van der Waals surface area contributed by atoms with Crippen LogP contribution in [0.1, 0.15) is 37.3 Å². The van der Waals surface area contributed by atoms with Gasteiger partial charge in [0.1, 0.15) is 46.3 Å². The molecule has 316 valence electrons. The lowest BCUT2D eigenvalue weighted by molar-refractivity contribution is -0.121. The Morgan fingerprint density at radius 1 is 0.729 bits per heavy atom. The van der Waals surface area contributed by atoms with Gasteiger partial charge in [0.2, 0.25) is 5.91 Å². The topological polar surface area (TPSA) is 146 Å². The van der Waals surface area contributed by atoms with Crippen LogP contribution in [0.25, 0.3) is 0 Å². The number of alkyl halides is 4. The lowest BCUT2D eigenvalue weighted by Gasteiger charge is -2.29. The van der Waals surface area contributed by atoms with Gasteiger partial charge in [-0.1, -0.05) is 0 Å². The van der Waals surface area contributed by atoms with Crippen LogP contribution in [0.3, 0.4) is 0 Å². The van der Waals surface area contributed by atoms with Crippen molar-refractivity contribution in [3.8, 4) is 11.5 Å². The normalized spacial score (nSPS) is 16.6. The molecule has 4 amide bonds. The van der Waals surface area contributed by atoms with Gasteiger partial charge in [0, 0.05) is 42.5 Å². The molecule has 3 atom stereocenters. The van der Waals surface area contributed by atoms with E-state index in [9.17, 15) is 57.9 Å². The number of urea groups is 1. The number of benzene rings is 4. The summed E-state index contributed by atoms with van der Waals surface area (Å²) in [6, 6.07) is 10.6. The zero-order valence-corrected chi connectivity index (χ0v) is 31.7. The zero-order valence-electron chi connectivity index (χ0n) is 30.9. The van der Waals surface area contributed by atoms with Gasteiger partial charge in [0.15, 0.2) is 0 Å². The maximum absolute atomic E-state index is 14.3. The number of halogens is 8. The SMILES string of the molecule is CCN(C(=O)[C@H](Cc1cc(F)cc(F)c1)NS(=O)(=O)NC(=O)N[C@@]1(C(=O)N(CC)c2ccc(OC(F)F)cc2)CC1c1cc(F)cc(F)c1)c1ccc(OC(F)F)cc1. The van der Waals surface area contributed by atoms with Crippen LogP contribution in [0.4, 0.5) is 51.3 Å². The summed E-state index contributed by atoms with van der Waals surface area (Å²) in [5, 5.41) is 2.29. The molecule has 1 aliphatic carbocycles. The lowest BCUT2D eigenvalue weighted by atomic mass is 10.0. The molecule has 3 N–H and O–H groups in total. The number of carbonyl (C=O) groups excluding carboxylic acids is 3. The van der Waals surface area contributed by atoms with Crippen molar-refractivity contribution in [1.82, 2.24) is 14.8 Å². The predicted octanol–water partition coefficient (Wildman–Crippen LogP) is 6.52. The standard InChI is InChI=1S/C38H35F8N5O7S/c1-3-50(27-5-9-29(10-6-27)57-35(43)44)33(52)32(15-21-13-23(39)18-24(40)14-21)48-59(55,56)49-37(54)47-38(20-31(38)22-16-25(41)19-26(42)17-22)34(53)51(4-2)28-7-11-30(12-8-28)58-36(45)46/h5-14,16-19,31-32,35-36,48H,3-4,15,20H2,1-2H3,(H2,47,49,54)/t31?,32-,38-/m0/s1. The fraction of sp³-hybridized carbons (Fsp3) is 0.289. The largest absolute Gasteiger partial charge is 0.435 e. The van der Waals surface area contributed by atoms with Crippen molar-refractivity contribution >= 4 is 39.4 Å². The Labute approximate surface area is 332 Å². The molecule has 59 heavy (non-hydrogen) atoms. The van der Waals surface area contributed by atoms with Gasteiger partial charge in [-0.25, -0.2) is 27.1 Å². The third-order valence-corrected chi connectivity index (χ3v) is 10.1. The van der Waals surface area contributed by atoms with Gasteiger partial charge in [-0.05, 0) is 111 Å². The summed E-state index contributed by atoms with van der Waals surface area (Å²) in [6.07, 6.45) is -0.973. The van der Waals surface area contributed by atoms with Crippen LogP contribution in [-0.4, -0.2) is 64.2 Å². The summed E-state index contributed by atoms with van der Waals surface area (Å²) in [4.78, 5) is 43.8. The molecule has 0 aliphatic heterocycles. The number of nitrogens with zero attached hydrogens (tertiary/aromatic N) is 2. The average Bonchev–Trinajstić information content (AvgIpc) is 3.86. The van der Waals surface area contributed by atoms with Crippen molar-refractivity contribution < 1.29 is 67.4 Å². The second kappa shape index (κ2) is 18.3. The number of amides is 4. The quantitative estimate of drug-likeness (QED) is 0.103. The zero-order chi connectivity index (χ0) is 43.2. The Hall–Kier alpha value is -5.96. The Morgan fingerprint density at radius 2 is 1.19 bits per heavy atom. The highest BCUT2D eigenvalue weighted by molar-refractivity contribution is 7.88. The van der Waals surface area contributed by atoms with E-state index in [0.29, 0.717) is 12.1 Å². The molecule has 5 rings (SSSR count). The number of carbonyl (C=O) groups is 3. The van der Waals surface area contributed by atoms with E-state index in [0.717, 1.165) is 58.3 Å². The molecule has 21 heteroatoms. The number of hydrogen-bond acceptors (Lipinski definition) is 7. The number of nitrogens with one attached hydrogen (secondary N) is 3. The van der Waals surface area contributed by atoms with Gasteiger partial charge in [-0.2, -0.15) is 30.7 Å². The van der Waals surface area contributed by atoms with Crippen LogP contribution >= 0.6 is 0 Å². The van der Waals surface area contributed by atoms with Gasteiger partial charge >= 0.3 is 29.5 Å². The van der Waals surface area contributed by atoms with E-state index in [-0.39, 0.29) is 53.5 Å². The van der Waals surface area contributed by atoms with Crippen LogP contribution in [-0.2, 0) is 26.2 Å². The third-order valence-electron chi connectivity index (χ3n) is 9.04. The second-order valence-corrected chi connectivity index (χ2v) is 14.5. The van der Waals surface area contributed by atoms with E-state index >= 15 is 0 Å². The fourth-order valence-electron chi connectivity index (χ4n) is 6.53. The van der Waals surface area contributed by atoms with E-state index in [1.807, 2.05) is 4.72 Å². The molecule has 0 saturated heterocycles. The van der Waals surface area contributed by atoms with Crippen LogP contribution in [0, 0.1) is 23.3 Å². The van der Waals surface area contributed by atoms with E-state index in [1.54, 1.807) is 4.72 Å². The summed E-state index contributed by atoms with van der Waals surface area (Å²) in [6.45, 7) is -3.51. The van der Waals surface area contributed by atoms with Gasteiger partial charge in [0.25, 0.3) is 5.91 Å². The highest BCUT2D eigenvalue weighted by Crippen LogP contribution is 2.53. The first kappa shape index (κ1) is 44.1. The molecule has 0 heterocycles. The Kier molecular flexibility index (Phi) is 13.7. The molecular formula is C38H35F8N5O7S. The highest BCUT2D eigenvalue weighted by Gasteiger charge is 2.63. The van der Waals surface area contributed by atoms with Gasteiger partial charge in [-0.3, -0.25) is 9.59 Å². The molecule has 4 aromatic carbocycles. The predicted molar refractivity (Wildman–Crippen MR) is 196 cm³/mol. The number of anilines is 2. The van der Waals surface area contributed by atoms with E-state index in [2.05, 4.69) is 14.8 Å². The average molecular weight is 858 g/mol. The smallest absolute Gasteiger partial charge is 0.387 e. The summed E-state index contributed by atoms with van der Waals surface area (Å²) in [5.74, 6) is -7.67. The fourth-order valence-corrected chi connectivity index (χ4v) is 7.45. The molecule has 0 aromatic heterocycles. The highest BCUT2D eigenvalue weighted by atomic mass is 32.2. The molecule has 1 fully saturated rings. The molecule has 0 bridgehead atoms. The Bertz CT molecular complexity index is 2230. The first-order valence-corrected chi connectivity index (χ1v) is 19.1. The van der Waals surface area contributed by atoms with Crippen LogP contribution in [0.15, 0.2) is 84.9 Å². The van der Waals surface area contributed by atoms with Crippen LogP contribution in [0.5, 0.6) is 11.5 Å². The monoisotopic (exact) mass is 857 g/mol. The number of ether oxygens (including phenoxy) is 2. The second-order valence-electron chi connectivity index (χ2n) is 13.0. The van der Waals surface area contributed by atoms with Gasteiger partial charge < -0.3 is 24.6 Å². The van der Waals surface area contributed by atoms with Crippen molar-refractivity contribution in [3.63, 3.8) is 0 Å². The molecule has 1 unspecified atom stereocenters. The number of hydrogen-bond donors (Lipinski definition) is 3. The maximum Gasteiger partial charge on any atom is 0.387 e. The van der Waals surface area contributed by atoms with Crippen molar-refractivity contribution in [3.05, 3.63) is 119 Å². The van der Waals surface area contributed by atoms with Crippen molar-refractivity contribution in [2.45, 2.75) is 57.4 Å². The van der Waals surface area contributed by atoms with E-state index in [1.165, 1.54) is 38.1 Å². The van der Waals surface area contributed by atoms with Gasteiger partial charge in [-0.15, -0.1) is 0 Å². The summed E-state index contributed by atoms with van der Waals surface area (Å²) >= 11 is 0. The molecule has 1 aliphatic rings. The molecule has 4 aromatic rings. The summed E-state index contributed by atoms with van der Waals surface area (Å²) in [7, 11) is -5.14.